The Morgan fingerprint density at radius 3 is 2.39 bits per heavy atom. The molecule has 1 aliphatic heterocycles. The topological polar surface area (TPSA) is 96.6 Å². The lowest BCUT2D eigenvalue weighted by molar-refractivity contribution is -0.123. The van der Waals surface area contributed by atoms with Gasteiger partial charge in [0.15, 0.2) is 0 Å². The highest BCUT2D eigenvalue weighted by atomic mass is 79.9. The van der Waals surface area contributed by atoms with Crippen LogP contribution >= 0.6 is 15.9 Å². The molecule has 0 radical (unpaired) electrons. The fraction of sp³-hybridized carbons (Fsp3) is 0.455. The van der Waals surface area contributed by atoms with Crippen LogP contribution in [0.2, 0.25) is 0 Å². The molecule has 0 bridgehead atoms. The molecule has 2 N–H and O–H groups in total. The van der Waals surface area contributed by atoms with Gasteiger partial charge in [0.05, 0.1) is 0 Å². The number of pyridine rings is 1. The van der Waals surface area contributed by atoms with Gasteiger partial charge in [0, 0.05) is 36.5 Å². The molecule has 168 valence electrons. The van der Waals surface area contributed by atoms with Crippen LogP contribution in [0.5, 0.6) is 0 Å². The predicted molar refractivity (Wildman–Crippen MR) is 124 cm³/mol. The van der Waals surface area contributed by atoms with E-state index in [1.54, 1.807) is 38.4 Å². The molecule has 1 fully saturated rings. The first-order chi connectivity index (χ1) is 14.7. The van der Waals surface area contributed by atoms with Crippen LogP contribution in [0.15, 0.2) is 53.3 Å². The molecule has 9 heteroatoms. The number of piperidine rings is 1. The van der Waals surface area contributed by atoms with Gasteiger partial charge in [0.2, 0.25) is 5.91 Å². The molecule has 1 aromatic carbocycles. The number of carbonyl (C=O) groups is 1. The number of hydrogen-bond donors (Lipinski definition) is 1. The largest absolute Gasteiger partial charge is 0.368 e. The maximum atomic E-state index is 13.6. The van der Waals surface area contributed by atoms with E-state index in [-0.39, 0.29) is 12.5 Å². The highest BCUT2D eigenvalue weighted by Gasteiger charge is 2.40. The van der Waals surface area contributed by atoms with E-state index in [4.69, 9.17) is 5.73 Å². The summed E-state index contributed by atoms with van der Waals surface area (Å²) in [5.74, 6) is -0.597. The average molecular weight is 509 g/mol. The van der Waals surface area contributed by atoms with E-state index in [2.05, 4.69) is 33.0 Å². The van der Waals surface area contributed by atoms with Crippen LogP contribution in [0.25, 0.3) is 0 Å². The van der Waals surface area contributed by atoms with E-state index in [1.807, 2.05) is 12.1 Å². The highest BCUT2D eigenvalue weighted by molar-refractivity contribution is 9.10. The maximum Gasteiger partial charge on any atom is 0.283 e. The van der Waals surface area contributed by atoms with E-state index < -0.39 is 22.2 Å². The third-order valence-corrected chi connectivity index (χ3v) is 8.21. The summed E-state index contributed by atoms with van der Waals surface area (Å²) >= 11 is 3.45. The lowest BCUT2D eigenvalue weighted by Gasteiger charge is -2.38. The molecule has 2 aromatic rings. The van der Waals surface area contributed by atoms with Gasteiger partial charge < -0.3 is 5.73 Å². The molecule has 0 aliphatic carbocycles. The van der Waals surface area contributed by atoms with E-state index >= 15 is 0 Å². The number of halogens is 1. The molecule has 3 rings (SSSR count). The number of nitrogens with zero attached hydrogens (tertiary/aromatic N) is 3. The predicted octanol–water partition coefficient (Wildman–Crippen LogP) is 3.28. The van der Waals surface area contributed by atoms with Gasteiger partial charge in [-0.3, -0.25) is 9.78 Å². The van der Waals surface area contributed by atoms with Gasteiger partial charge in [0.25, 0.3) is 10.2 Å². The van der Waals surface area contributed by atoms with Crippen molar-refractivity contribution in [3.8, 4) is 0 Å². The molecule has 0 spiro atoms. The SMILES string of the molecule is CC(C)C(C(N)=O)N(Cc1cccnc1)S(=O)(=O)N1CCC(c2ccc(Br)cc2)CC1. The van der Waals surface area contributed by atoms with Crippen molar-refractivity contribution in [2.75, 3.05) is 13.1 Å². The molecule has 0 saturated carbocycles. The number of amides is 1. The van der Waals surface area contributed by atoms with Crippen molar-refractivity contribution in [2.45, 2.75) is 45.2 Å². The number of hydrogen-bond acceptors (Lipinski definition) is 4. The van der Waals surface area contributed by atoms with Crippen molar-refractivity contribution in [1.82, 2.24) is 13.6 Å². The van der Waals surface area contributed by atoms with E-state index in [1.165, 1.54) is 14.2 Å². The lowest BCUT2D eigenvalue weighted by atomic mass is 9.90. The van der Waals surface area contributed by atoms with Crippen LogP contribution < -0.4 is 5.73 Å². The van der Waals surface area contributed by atoms with E-state index in [0.29, 0.717) is 24.6 Å². The van der Waals surface area contributed by atoms with Crippen LogP contribution in [0.1, 0.15) is 43.7 Å². The Morgan fingerprint density at radius 1 is 1.23 bits per heavy atom. The van der Waals surface area contributed by atoms with Crippen molar-refractivity contribution in [3.05, 3.63) is 64.4 Å². The highest BCUT2D eigenvalue weighted by Crippen LogP contribution is 2.32. The zero-order valence-electron chi connectivity index (χ0n) is 17.8. The summed E-state index contributed by atoms with van der Waals surface area (Å²) in [4.78, 5) is 16.3. The van der Waals surface area contributed by atoms with Crippen LogP contribution in [-0.4, -0.2) is 47.1 Å². The molecule has 7 nitrogen and oxygen atoms in total. The summed E-state index contributed by atoms with van der Waals surface area (Å²) in [6.45, 7) is 4.46. The molecule has 1 saturated heterocycles. The standard InChI is InChI=1S/C22H29BrN4O3S/c1-16(2)21(22(24)28)27(15-17-4-3-11-25-14-17)31(29,30)26-12-9-19(10-13-26)18-5-7-20(23)8-6-18/h3-8,11,14,16,19,21H,9-10,12-13,15H2,1-2H3,(H2,24,28). The number of nitrogens with two attached hydrogens (primary N) is 1. The van der Waals surface area contributed by atoms with Gasteiger partial charge in [-0.15, -0.1) is 0 Å². The third kappa shape index (κ3) is 5.71. The summed E-state index contributed by atoms with van der Waals surface area (Å²) in [6.07, 6.45) is 4.69. The summed E-state index contributed by atoms with van der Waals surface area (Å²) in [5.41, 5.74) is 7.57. The Kier molecular flexibility index (Phi) is 7.85. The van der Waals surface area contributed by atoms with Gasteiger partial charge in [-0.05, 0) is 54.0 Å². The first-order valence-electron chi connectivity index (χ1n) is 10.4. The van der Waals surface area contributed by atoms with Crippen molar-refractivity contribution in [3.63, 3.8) is 0 Å². The smallest absolute Gasteiger partial charge is 0.283 e. The second-order valence-corrected chi connectivity index (χ2v) is 11.0. The van der Waals surface area contributed by atoms with Crippen LogP contribution in [0.3, 0.4) is 0 Å². The number of benzene rings is 1. The minimum absolute atomic E-state index is 0.0502. The Bertz CT molecular complexity index is 976. The van der Waals surface area contributed by atoms with Gasteiger partial charge in [-0.2, -0.15) is 17.0 Å². The summed E-state index contributed by atoms with van der Waals surface area (Å²) in [6, 6.07) is 10.8. The normalized spacial score (nSPS) is 17.2. The zero-order valence-corrected chi connectivity index (χ0v) is 20.2. The first kappa shape index (κ1) is 23.8. The molecule has 1 atom stereocenters. The number of carbonyl (C=O) groups excluding carboxylic acids is 1. The number of aromatic nitrogens is 1. The Morgan fingerprint density at radius 2 is 1.87 bits per heavy atom. The van der Waals surface area contributed by atoms with E-state index in [0.717, 1.165) is 17.3 Å². The molecule has 2 heterocycles. The zero-order chi connectivity index (χ0) is 22.6. The van der Waals surface area contributed by atoms with Gasteiger partial charge in [-0.1, -0.05) is 48.0 Å². The average Bonchev–Trinajstić information content (AvgIpc) is 2.74. The van der Waals surface area contributed by atoms with Crippen molar-refractivity contribution >= 4 is 32.0 Å². The number of rotatable bonds is 8. The van der Waals surface area contributed by atoms with Crippen LogP contribution in [0.4, 0.5) is 0 Å². The van der Waals surface area contributed by atoms with Crippen LogP contribution in [0, 0.1) is 5.92 Å². The second kappa shape index (κ2) is 10.2. The second-order valence-electron chi connectivity index (χ2n) is 8.23. The third-order valence-electron chi connectivity index (χ3n) is 5.71. The first-order valence-corrected chi connectivity index (χ1v) is 12.6. The fourth-order valence-corrected chi connectivity index (χ4v) is 6.28. The Hall–Kier alpha value is -1.81. The molecule has 1 aliphatic rings. The molecular formula is C22H29BrN4O3S. The van der Waals surface area contributed by atoms with Gasteiger partial charge >= 0.3 is 0 Å². The van der Waals surface area contributed by atoms with Crippen LogP contribution in [-0.2, 0) is 21.5 Å². The van der Waals surface area contributed by atoms with E-state index in [9.17, 15) is 13.2 Å². The van der Waals surface area contributed by atoms with Gasteiger partial charge in [-0.25, -0.2) is 0 Å². The lowest BCUT2D eigenvalue weighted by Crippen LogP contribution is -2.55. The molecule has 1 amide bonds. The van der Waals surface area contributed by atoms with Gasteiger partial charge in [0.1, 0.15) is 6.04 Å². The molecular weight excluding hydrogens is 480 g/mol. The minimum Gasteiger partial charge on any atom is -0.368 e. The summed E-state index contributed by atoms with van der Waals surface area (Å²) < 4.78 is 31.0. The fourth-order valence-electron chi connectivity index (χ4n) is 4.10. The molecule has 1 unspecified atom stereocenters. The van der Waals surface area contributed by atoms with Crippen molar-refractivity contribution in [2.24, 2.45) is 11.7 Å². The Labute approximate surface area is 193 Å². The molecule has 31 heavy (non-hydrogen) atoms. The quantitative estimate of drug-likeness (QED) is 0.591. The minimum atomic E-state index is -3.89. The van der Waals surface area contributed by atoms with Crippen molar-refractivity contribution < 1.29 is 13.2 Å². The monoisotopic (exact) mass is 508 g/mol. The summed E-state index contributed by atoms with van der Waals surface area (Å²) in [5, 5.41) is 0. The molecule has 1 aromatic heterocycles. The number of primary amides is 1. The maximum absolute atomic E-state index is 13.6. The Balaban J connectivity index is 1.82. The van der Waals surface area contributed by atoms with Crippen molar-refractivity contribution in [1.29, 1.82) is 0 Å². The summed E-state index contributed by atoms with van der Waals surface area (Å²) in [7, 11) is -3.89.